The molecule has 1 heterocycles. The van der Waals surface area contributed by atoms with Crippen LogP contribution in [0.1, 0.15) is 0 Å². The molecule has 0 spiro atoms. The summed E-state index contributed by atoms with van der Waals surface area (Å²) >= 11 is 3.29. The first-order chi connectivity index (χ1) is 7.15. The van der Waals surface area contributed by atoms with Crippen LogP contribution in [0, 0.1) is 0 Å². The summed E-state index contributed by atoms with van der Waals surface area (Å²) in [5, 5.41) is 9.42. The molecule has 1 aromatic heterocycles. The van der Waals surface area contributed by atoms with E-state index in [-0.39, 0.29) is 11.7 Å². The highest BCUT2D eigenvalue weighted by Crippen LogP contribution is 2.26. The number of hydrogen-bond acceptors (Lipinski definition) is 4. The maximum absolute atomic E-state index is 9.42. The van der Waals surface area contributed by atoms with Gasteiger partial charge in [-0.05, 0) is 24.3 Å². The molecule has 5 heteroatoms. The Morgan fingerprint density at radius 1 is 1.27 bits per heavy atom. The van der Waals surface area contributed by atoms with Crippen LogP contribution < -0.4 is 5.73 Å². The number of benzene rings is 1. The Labute approximate surface area is 94.9 Å². The highest BCUT2D eigenvalue weighted by molar-refractivity contribution is 9.10. The molecule has 3 N–H and O–H groups in total. The molecule has 0 radical (unpaired) electrons. The highest BCUT2D eigenvalue weighted by atomic mass is 79.9. The molecule has 76 valence electrons. The lowest BCUT2D eigenvalue weighted by Crippen LogP contribution is -1.95. The lowest BCUT2D eigenvalue weighted by molar-refractivity contribution is 0.475. The van der Waals surface area contributed by atoms with Gasteiger partial charge in [-0.2, -0.15) is 0 Å². The number of hydrogen-bond donors (Lipinski definition) is 2. The minimum atomic E-state index is 0.177. The summed E-state index contributed by atoms with van der Waals surface area (Å²) < 4.78 is 0.787. The Balaban J connectivity index is 2.54. The van der Waals surface area contributed by atoms with E-state index >= 15 is 0 Å². The van der Waals surface area contributed by atoms with E-state index in [4.69, 9.17) is 5.73 Å². The van der Waals surface area contributed by atoms with Crippen molar-refractivity contribution in [2.24, 2.45) is 0 Å². The number of phenols is 1. The van der Waals surface area contributed by atoms with Gasteiger partial charge in [-0.3, -0.25) is 0 Å². The van der Waals surface area contributed by atoms with Gasteiger partial charge in [0, 0.05) is 16.2 Å². The van der Waals surface area contributed by atoms with Crippen molar-refractivity contribution in [2.75, 3.05) is 5.73 Å². The van der Waals surface area contributed by atoms with Crippen LogP contribution in [0.25, 0.3) is 11.3 Å². The number of anilines is 1. The molecule has 0 aliphatic carbocycles. The fraction of sp³-hybridized carbons (Fsp3) is 0. The highest BCUT2D eigenvalue weighted by Gasteiger charge is 2.03. The van der Waals surface area contributed by atoms with E-state index in [1.165, 1.54) is 0 Å². The molecule has 0 aliphatic heterocycles. The second kappa shape index (κ2) is 3.86. The van der Waals surface area contributed by atoms with Crippen LogP contribution in [0.4, 0.5) is 5.95 Å². The van der Waals surface area contributed by atoms with Crippen molar-refractivity contribution in [3.63, 3.8) is 0 Å². The van der Waals surface area contributed by atoms with Crippen LogP contribution in [-0.4, -0.2) is 15.1 Å². The average molecular weight is 266 g/mol. The quantitative estimate of drug-likeness (QED) is 0.829. The van der Waals surface area contributed by atoms with Gasteiger partial charge >= 0.3 is 0 Å². The summed E-state index contributed by atoms with van der Waals surface area (Å²) in [7, 11) is 0. The second-order valence-corrected chi connectivity index (χ2v) is 3.91. The Hall–Kier alpha value is -1.62. The zero-order valence-electron chi connectivity index (χ0n) is 7.68. The molecule has 15 heavy (non-hydrogen) atoms. The van der Waals surface area contributed by atoms with Crippen LogP contribution in [0.5, 0.6) is 5.75 Å². The third-order valence-corrected chi connectivity index (χ3v) is 2.31. The van der Waals surface area contributed by atoms with Gasteiger partial charge in [0.15, 0.2) is 0 Å². The third-order valence-electron chi connectivity index (χ3n) is 1.85. The fourth-order valence-corrected chi connectivity index (χ4v) is 1.74. The van der Waals surface area contributed by atoms with E-state index in [2.05, 4.69) is 25.9 Å². The van der Waals surface area contributed by atoms with E-state index in [1.807, 2.05) is 6.07 Å². The lowest BCUT2D eigenvalue weighted by Gasteiger charge is -2.03. The van der Waals surface area contributed by atoms with Crippen LogP contribution in [0.2, 0.25) is 0 Å². The molecule has 1 aromatic carbocycles. The summed E-state index contributed by atoms with van der Waals surface area (Å²) in [5.41, 5.74) is 6.94. The van der Waals surface area contributed by atoms with Crippen LogP contribution in [0.3, 0.4) is 0 Å². The third kappa shape index (κ3) is 2.24. The first-order valence-corrected chi connectivity index (χ1v) is 5.03. The van der Waals surface area contributed by atoms with Gasteiger partial charge in [0.25, 0.3) is 0 Å². The summed E-state index contributed by atoms with van der Waals surface area (Å²) in [5.74, 6) is 0.392. The molecule has 0 amide bonds. The van der Waals surface area contributed by atoms with Crippen LogP contribution in [0.15, 0.2) is 34.9 Å². The van der Waals surface area contributed by atoms with Gasteiger partial charge in [0.05, 0.1) is 5.69 Å². The van der Waals surface area contributed by atoms with Crippen molar-refractivity contribution in [1.82, 2.24) is 9.97 Å². The molecule has 0 saturated carbocycles. The van der Waals surface area contributed by atoms with E-state index in [9.17, 15) is 5.11 Å². The number of rotatable bonds is 1. The molecule has 0 atom stereocenters. The number of aromatic nitrogens is 2. The van der Waals surface area contributed by atoms with Crippen LogP contribution in [-0.2, 0) is 0 Å². The normalized spacial score (nSPS) is 10.2. The monoisotopic (exact) mass is 265 g/mol. The first-order valence-electron chi connectivity index (χ1n) is 4.23. The molecule has 2 rings (SSSR count). The summed E-state index contributed by atoms with van der Waals surface area (Å²) in [6.45, 7) is 0. The molecule has 0 saturated heterocycles. The van der Waals surface area contributed by atoms with E-state index in [0.29, 0.717) is 5.69 Å². The van der Waals surface area contributed by atoms with E-state index in [1.54, 1.807) is 24.4 Å². The van der Waals surface area contributed by atoms with Crippen molar-refractivity contribution in [3.8, 4) is 17.0 Å². The number of nitrogens with zero attached hydrogens (tertiary/aromatic N) is 2. The number of nitrogen functional groups attached to an aromatic ring is 1. The maximum atomic E-state index is 9.42. The maximum Gasteiger partial charge on any atom is 0.220 e. The van der Waals surface area contributed by atoms with Crippen molar-refractivity contribution in [3.05, 3.63) is 34.9 Å². The second-order valence-electron chi connectivity index (χ2n) is 3.00. The van der Waals surface area contributed by atoms with Gasteiger partial charge in [-0.1, -0.05) is 15.9 Å². The zero-order valence-corrected chi connectivity index (χ0v) is 9.27. The molecular weight excluding hydrogens is 258 g/mol. The molecule has 0 bridgehead atoms. The average Bonchev–Trinajstić information content (AvgIpc) is 2.16. The first kappa shape index (κ1) is 9.92. The predicted molar refractivity (Wildman–Crippen MR) is 61.2 cm³/mol. The molecule has 2 aromatic rings. The minimum Gasteiger partial charge on any atom is -0.508 e. The van der Waals surface area contributed by atoms with Gasteiger partial charge in [-0.15, -0.1) is 0 Å². The van der Waals surface area contributed by atoms with Gasteiger partial charge in [0.1, 0.15) is 5.75 Å². The molecule has 0 aliphatic rings. The summed E-state index contributed by atoms with van der Waals surface area (Å²) in [4.78, 5) is 7.86. The van der Waals surface area contributed by atoms with Gasteiger partial charge in [0.2, 0.25) is 5.95 Å². The molecular formula is C10H8BrN3O. The minimum absolute atomic E-state index is 0.177. The number of nitrogens with two attached hydrogens (primary N) is 1. The SMILES string of the molecule is Nc1nccc(-c2cc(O)cc(Br)c2)n1. The topological polar surface area (TPSA) is 72.0 Å². The van der Waals surface area contributed by atoms with Crippen molar-refractivity contribution < 1.29 is 5.11 Å². The lowest BCUT2D eigenvalue weighted by atomic mass is 10.1. The Bertz CT molecular complexity index is 482. The standard InChI is InChI=1S/C10H8BrN3O/c11-7-3-6(4-8(15)5-7)9-1-2-13-10(12)14-9/h1-5,15H,(H2,12,13,14). The zero-order chi connectivity index (χ0) is 10.8. The smallest absolute Gasteiger partial charge is 0.220 e. The Kier molecular flexibility index (Phi) is 2.55. The largest absolute Gasteiger partial charge is 0.508 e. The van der Waals surface area contributed by atoms with E-state index in [0.717, 1.165) is 10.0 Å². The molecule has 4 nitrogen and oxygen atoms in total. The number of aromatic hydroxyl groups is 1. The predicted octanol–water partition coefficient (Wildman–Crippen LogP) is 2.19. The number of halogens is 1. The van der Waals surface area contributed by atoms with Crippen LogP contribution >= 0.6 is 15.9 Å². The fourth-order valence-electron chi connectivity index (χ4n) is 1.26. The molecule has 0 unspecified atom stereocenters. The van der Waals surface area contributed by atoms with Gasteiger partial charge < -0.3 is 10.8 Å². The summed E-state index contributed by atoms with van der Waals surface area (Å²) in [6, 6.07) is 6.81. The van der Waals surface area contributed by atoms with Crippen molar-refractivity contribution in [2.45, 2.75) is 0 Å². The van der Waals surface area contributed by atoms with Crippen molar-refractivity contribution in [1.29, 1.82) is 0 Å². The summed E-state index contributed by atoms with van der Waals surface area (Å²) in [6.07, 6.45) is 1.58. The van der Waals surface area contributed by atoms with E-state index < -0.39 is 0 Å². The molecule has 0 fully saturated rings. The Morgan fingerprint density at radius 2 is 2.07 bits per heavy atom. The number of phenolic OH excluding ortho intramolecular Hbond substituents is 1. The Morgan fingerprint density at radius 3 is 2.73 bits per heavy atom. The van der Waals surface area contributed by atoms with Gasteiger partial charge in [-0.25, -0.2) is 9.97 Å². The van der Waals surface area contributed by atoms with Crippen molar-refractivity contribution >= 4 is 21.9 Å².